The minimum absolute atomic E-state index is 0.383. The molecule has 2 fully saturated rings. The summed E-state index contributed by atoms with van der Waals surface area (Å²) in [5, 5.41) is 0. The zero-order valence-electron chi connectivity index (χ0n) is 12.3. The van der Waals surface area contributed by atoms with Crippen molar-refractivity contribution in [2.45, 2.75) is 59.8 Å². The Kier molecular flexibility index (Phi) is 3.93. The van der Waals surface area contributed by atoms with Crippen molar-refractivity contribution >= 4 is 11.5 Å². The summed E-state index contributed by atoms with van der Waals surface area (Å²) in [5.74, 6) is 2.74. The quantitative estimate of drug-likeness (QED) is 0.743. The highest BCUT2D eigenvalue weighted by Gasteiger charge is 2.56. The molecule has 0 N–H and O–H groups in total. The first-order valence-electron chi connectivity index (χ1n) is 7.45. The van der Waals surface area contributed by atoms with Crippen molar-refractivity contribution in [1.29, 1.82) is 0 Å². The Morgan fingerprint density at radius 3 is 2.61 bits per heavy atom. The monoisotopic (exact) mass is 249 g/mol. The zero-order valence-corrected chi connectivity index (χ0v) is 12.3. The summed E-state index contributed by atoms with van der Waals surface area (Å²) in [5.41, 5.74) is 1.63. The van der Waals surface area contributed by atoms with Crippen LogP contribution < -0.4 is 0 Å². The smallest absolute Gasteiger partial charge is 0.138 e. The van der Waals surface area contributed by atoms with Gasteiger partial charge < -0.3 is 0 Å². The van der Waals surface area contributed by atoms with Crippen LogP contribution in [0.5, 0.6) is 0 Å². The van der Waals surface area contributed by atoms with Gasteiger partial charge in [0.25, 0.3) is 0 Å². The summed E-state index contributed by atoms with van der Waals surface area (Å²) < 4.78 is 0. The molecule has 0 aromatic rings. The Morgan fingerprint density at radius 2 is 2.00 bits per heavy atom. The van der Waals surface area contributed by atoms with Crippen LogP contribution in [-0.2, 0) is 4.79 Å². The summed E-state index contributed by atoms with van der Waals surface area (Å²) in [7, 11) is 0. The number of aliphatic imine (C=N–C) groups is 1. The van der Waals surface area contributed by atoms with Gasteiger partial charge in [-0.3, -0.25) is 9.79 Å². The molecule has 0 aromatic heterocycles. The first-order chi connectivity index (χ1) is 8.41. The molecule has 0 spiro atoms. The third-order valence-electron chi connectivity index (χ3n) is 4.85. The molecule has 0 radical (unpaired) electrons. The normalized spacial score (nSPS) is 33.2. The molecule has 0 heterocycles. The molecule has 2 aliphatic carbocycles. The van der Waals surface area contributed by atoms with Gasteiger partial charge in [0.05, 0.1) is 0 Å². The number of rotatable bonds is 4. The van der Waals surface area contributed by atoms with Gasteiger partial charge in [-0.15, -0.1) is 0 Å². The molecule has 2 nitrogen and oxygen atoms in total. The number of nitrogens with zero attached hydrogens (tertiary/aromatic N) is 1. The second-order valence-electron chi connectivity index (χ2n) is 7.14. The molecule has 0 unspecified atom stereocenters. The van der Waals surface area contributed by atoms with E-state index in [1.807, 2.05) is 0 Å². The minimum atomic E-state index is 0.383. The van der Waals surface area contributed by atoms with Gasteiger partial charge in [0.2, 0.25) is 0 Å². The van der Waals surface area contributed by atoms with E-state index in [1.165, 1.54) is 6.42 Å². The lowest BCUT2D eigenvalue weighted by molar-refractivity contribution is -0.118. The molecule has 0 aromatic carbocycles. The Hall–Kier alpha value is -0.660. The maximum absolute atomic E-state index is 11.4. The molecule has 2 atom stereocenters. The van der Waals surface area contributed by atoms with E-state index in [0.717, 1.165) is 49.3 Å². The van der Waals surface area contributed by atoms with Gasteiger partial charge in [-0.05, 0) is 42.4 Å². The standard InChI is InChI=1S/C16H27NO/c1-11(2)8-14-15(16(14,3)4)10-17-12-6-5-7-13(18)9-12/h11,14-15H,5-10H2,1-4H3/t14-,15+/m0/s1. The zero-order chi connectivity index (χ0) is 13.3. The lowest BCUT2D eigenvalue weighted by Gasteiger charge is -2.11. The van der Waals surface area contributed by atoms with Crippen LogP contribution in [0.1, 0.15) is 59.8 Å². The fraction of sp³-hybridized carbons (Fsp3) is 0.875. The van der Waals surface area contributed by atoms with Gasteiger partial charge in [-0.1, -0.05) is 27.7 Å². The van der Waals surface area contributed by atoms with Crippen molar-refractivity contribution in [2.75, 3.05) is 6.54 Å². The molecule has 102 valence electrons. The molecule has 2 rings (SSSR count). The molecular formula is C16H27NO. The molecule has 0 aliphatic heterocycles. The molecule has 0 amide bonds. The second-order valence-corrected chi connectivity index (χ2v) is 7.14. The lowest BCUT2D eigenvalue weighted by Crippen LogP contribution is -2.15. The number of Topliss-reactive ketones (excluding diaryl/α,β-unsaturated/α-hetero) is 1. The maximum atomic E-state index is 11.4. The van der Waals surface area contributed by atoms with Gasteiger partial charge in [0, 0.05) is 25.1 Å². The van der Waals surface area contributed by atoms with Gasteiger partial charge in [0.1, 0.15) is 5.78 Å². The van der Waals surface area contributed by atoms with Gasteiger partial charge in [0.15, 0.2) is 0 Å². The Balaban J connectivity index is 1.87. The fourth-order valence-corrected chi connectivity index (χ4v) is 3.45. The highest BCUT2D eigenvalue weighted by Crippen LogP contribution is 2.60. The van der Waals surface area contributed by atoms with Crippen molar-refractivity contribution in [2.24, 2.45) is 28.2 Å². The second kappa shape index (κ2) is 5.14. The molecule has 0 saturated heterocycles. The Morgan fingerprint density at radius 1 is 1.28 bits per heavy atom. The maximum Gasteiger partial charge on any atom is 0.138 e. The summed E-state index contributed by atoms with van der Waals surface area (Å²) in [4.78, 5) is 16.1. The average molecular weight is 249 g/mol. The molecule has 2 heteroatoms. The van der Waals surface area contributed by atoms with Crippen molar-refractivity contribution in [3.63, 3.8) is 0 Å². The van der Waals surface area contributed by atoms with E-state index in [0.29, 0.717) is 17.6 Å². The largest absolute Gasteiger partial charge is 0.299 e. The summed E-state index contributed by atoms with van der Waals surface area (Å²) in [6.07, 6.45) is 4.78. The minimum Gasteiger partial charge on any atom is -0.299 e. The van der Waals surface area contributed by atoms with Gasteiger partial charge >= 0.3 is 0 Å². The molecular weight excluding hydrogens is 222 g/mol. The predicted octanol–water partition coefficient (Wildman–Crippen LogP) is 3.89. The van der Waals surface area contributed by atoms with Crippen LogP contribution in [0.15, 0.2) is 4.99 Å². The third kappa shape index (κ3) is 3.02. The van der Waals surface area contributed by atoms with Gasteiger partial charge in [-0.25, -0.2) is 0 Å². The first kappa shape index (κ1) is 13.8. The van der Waals surface area contributed by atoms with Crippen LogP contribution in [0.3, 0.4) is 0 Å². The molecule has 18 heavy (non-hydrogen) atoms. The number of carbonyl (C=O) groups excluding carboxylic acids is 1. The number of carbonyl (C=O) groups is 1. The lowest BCUT2D eigenvalue weighted by atomic mass is 9.97. The van der Waals surface area contributed by atoms with E-state index in [2.05, 4.69) is 27.7 Å². The van der Waals surface area contributed by atoms with E-state index in [9.17, 15) is 4.79 Å². The third-order valence-corrected chi connectivity index (χ3v) is 4.85. The van der Waals surface area contributed by atoms with Crippen molar-refractivity contribution < 1.29 is 4.79 Å². The van der Waals surface area contributed by atoms with Crippen LogP contribution >= 0.6 is 0 Å². The van der Waals surface area contributed by atoms with Crippen molar-refractivity contribution in [3.8, 4) is 0 Å². The van der Waals surface area contributed by atoms with Gasteiger partial charge in [-0.2, -0.15) is 0 Å². The summed E-state index contributed by atoms with van der Waals surface area (Å²) in [6, 6.07) is 0. The van der Waals surface area contributed by atoms with E-state index < -0.39 is 0 Å². The molecule has 0 bridgehead atoms. The van der Waals surface area contributed by atoms with Crippen LogP contribution in [0.2, 0.25) is 0 Å². The number of hydrogen-bond donors (Lipinski definition) is 0. The van der Waals surface area contributed by atoms with Crippen LogP contribution in [0, 0.1) is 23.2 Å². The Labute approximate surface area is 111 Å². The topological polar surface area (TPSA) is 29.4 Å². The van der Waals surface area contributed by atoms with E-state index in [-0.39, 0.29) is 0 Å². The summed E-state index contributed by atoms with van der Waals surface area (Å²) >= 11 is 0. The van der Waals surface area contributed by atoms with Crippen molar-refractivity contribution in [1.82, 2.24) is 0 Å². The predicted molar refractivity (Wildman–Crippen MR) is 76.0 cm³/mol. The Bertz CT molecular complexity index is 354. The molecule has 2 aliphatic rings. The molecule has 2 saturated carbocycles. The fourth-order valence-electron chi connectivity index (χ4n) is 3.45. The van der Waals surface area contributed by atoms with Crippen LogP contribution in [0.4, 0.5) is 0 Å². The van der Waals surface area contributed by atoms with Crippen molar-refractivity contribution in [3.05, 3.63) is 0 Å². The summed E-state index contributed by atoms with van der Waals surface area (Å²) in [6.45, 7) is 10.3. The number of ketones is 1. The van der Waals surface area contributed by atoms with E-state index in [1.54, 1.807) is 0 Å². The highest BCUT2D eigenvalue weighted by molar-refractivity contribution is 6.03. The van der Waals surface area contributed by atoms with Crippen LogP contribution in [-0.4, -0.2) is 18.0 Å². The van der Waals surface area contributed by atoms with E-state index >= 15 is 0 Å². The number of hydrogen-bond acceptors (Lipinski definition) is 2. The highest BCUT2D eigenvalue weighted by atomic mass is 16.1. The first-order valence-corrected chi connectivity index (χ1v) is 7.45. The van der Waals surface area contributed by atoms with E-state index in [4.69, 9.17) is 4.99 Å². The SMILES string of the molecule is CC(C)C[C@H]1[C@@H](CN=C2CCCC(=O)C2)C1(C)C. The van der Waals surface area contributed by atoms with Crippen LogP contribution in [0.25, 0.3) is 0 Å². The average Bonchev–Trinajstić information content (AvgIpc) is 2.76.